The molecule has 0 aliphatic rings. The van der Waals surface area contributed by atoms with Crippen LogP contribution in [0, 0.1) is 0 Å². The van der Waals surface area contributed by atoms with Gasteiger partial charge in [-0.05, 0) is 37.4 Å². The van der Waals surface area contributed by atoms with E-state index in [2.05, 4.69) is 23.1 Å². The van der Waals surface area contributed by atoms with Crippen LogP contribution in [0.1, 0.15) is 5.69 Å². The maximum atomic E-state index is 5.86. The highest BCUT2D eigenvalue weighted by molar-refractivity contribution is 6.49. The first-order valence-electron chi connectivity index (χ1n) is 6.44. The molecule has 0 N–H and O–H groups in total. The quantitative estimate of drug-likeness (QED) is 0.616. The van der Waals surface area contributed by atoms with E-state index < -0.39 is 9.04 Å². The van der Waals surface area contributed by atoms with Crippen molar-refractivity contribution >= 4 is 20.9 Å². The zero-order chi connectivity index (χ0) is 13.5. The minimum atomic E-state index is -1.10. The largest absolute Gasteiger partial charge is 0.546 e. The van der Waals surface area contributed by atoms with Gasteiger partial charge >= 0.3 is 0 Å². The Hall–Kier alpha value is -1.94. The topological polar surface area (TPSA) is 34.5 Å². The fourth-order valence-corrected chi connectivity index (χ4v) is 2.38. The van der Waals surface area contributed by atoms with Gasteiger partial charge in [0.15, 0.2) is 0 Å². The molecule has 0 aliphatic heterocycles. The molecule has 1 aromatic carbocycles. The maximum Gasteiger partial charge on any atom is 0.229 e. The first-order chi connectivity index (χ1) is 9.25. The van der Waals surface area contributed by atoms with E-state index in [0.29, 0.717) is 0 Å². The predicted molar refractivity (Wildman–Crippen MR) is 82.0 cm³/mol. The van der Waals surface area contributed by atoms with Crippen LogP contribution in [-0.2, 0) is 6.42 Å². The van der Waals surface area contributed by atoms with Crippen LogP contribution in [0.3, 0.4) is 0 Å². The fraction of sp³-hybridized carbons (Fsp3) is 0.200. The highest BCUT2D eigenvalue weighted by Gasteiger charge is 2.03. The van der Waals surface area contributed by atoms with E-state index in [-0.39, 0.29) is 0 Å². The first-order valence-corrected chi connectivity index (χ1v) is 9.22. The van der Waals surface area contributed by atoms with Gasteiger partial charge in [0.2, 0.25) is 9.04 Å². The minimum Gasteiger partial charge on any atom is -0.546 e. The Morgan fingerprint density at radius 1 is 1.16 bits per heavy atom. The molecule has 0 atom stereocenters. The monoisotopic (exact) mass is 270 g/mol. The van der Waals surface area contributed by atoms with Gasteiger partial charge in [0.1, 0.15) is 11.4 Å². The van der Waals surface area contributed by atoms with Gasteiger partial charge < -0.3 is 4.43 Å². The summed E-state index contributed by atoms with van der Waals surface area (Å²) in [6, 6.07) is 13.8. The van der Waals surface area contributed by atoms with E-state index >= 15 is 0 Å². The van der Waals surface area contributed by atoms with Crippen molar-refractivity contribution in [3.63, 3.8) is 0 Å². The maximum absolute atomic E-state index is 5.86. The van der Waals surface area contributed by atoms with Gasteiger partial charge in [0.05, 0.1) is 0 Å². The molecule has 2 aromatic rings. The summed E-state index contributed by atoms with van der Waals surface area (Å²) in [4.78, 5) is 8.75. The van der Waals surface area contributed by atoms with E-state index in [4.69, 9.17) is 4.43 Å². The van der Waals surface area contributed by atoms with Gasteiger partial charge in [-0.3, -0.25) is 9.98 Å². The molecule has 2 rings (SSSR count). The number of nitrogens with zero attached hydrogens (tertiary/aromatic N) is 2. The van der Waals surface area contributed by atoms with E-state index in [1.165, 1.54) is 0 Å². The average molecular weight is 270 g/mol. The molecule has 3 nitrogen and oxygen atoms in total. The normalized spacial score (nSPS) is 11.1. The highest BCUT2D eigenvalue weighted by atomic mass is 28.3. The summed E-state index contributed by atoms with van der Waals surface area (Å²) in [6.45, 7) is 4.29. The standard InChI is InChI=1S/C15H18N2OSi/c1-19(2)18-15-9-4-3-8-14(15)17-12-10-13-7-5-6-11-16-13/h3-9,11-12,19H,10H2,1-2H3. The second kappa shape index (κ2) is 6.85. The third-order valence-electron chi connectivity index (χ3n) is 2.48. The summed E-state index contributed by atoms with van der Waals surface area (Å²) in [5.41, 5.74) is 1.91. The summed E-state index contributed by atoms with van der Waals surface area (Å²) in [5, 5.41) is 0. The second-order valence-electron chi connectivity index (χ2n) is 4.47. The number of aromatic nitrogens is 1. The van der Waals surface area contributed by atoms with Gasteiger partial charge in [0.25, 0.3) is 0 Å². The van der Waals surface area contributed by atoms with Crippen LogP contribution in [0.15, 0.2) is 53.7 Å². The zero-order valence-electron chi connectivity index (χ0n) is 11.3. The van der Waals surface area contributed by atoms with Gasteiger partial charge in [-0.25, -0.2) is 0 Å². The number of pyridine rings is 1. The van der Waals surface area contributed by atoms with E-state index in [1.807, 2.05) is 48.7 Å². The lowest BCUT2D eigenvalue weighted by atomic mass is 10.3. The number of rotatable bonds is 5. The lowest BCUT2D eigenvalue weighted by Crippen LogP contribution is -2.11. The molecule has 0 radical (unpaired) electrons. The van der Waals surface area contributed by atoms with Gasteiger partial charge in [-0.1, -0.05) is 18.2 Å². The molecule has 0 amide bonds. The molecule has 0 saturated carbocycles. The molecule has 4 heteroatoms. The Balaban J connectivity index is 2.06. The summed E-state index contributed by atoms with van der Waals surface area (Å²) >= 11 is 0. The van der Waals surface area contributed by atoms with Crippen LogP contribution in [0.25, 0.3) is 0 Å². The molecule has 0 saturated heterocycles. The molecular formula is C15H18N2OSi. The Bertz CT molecular complexity index is 541. The van der Waals surface area contributed by atoms with E-state index in [0.717, 1.165) is 23.6 Å². The Morgan fingerprint density at radius 2 is 1.95 bits per heavy atom. The SMILES string of the molecule is C[SiH](C)Oc1ccccc1N=CCc1ccccn1. The van der Waals surface area contributed by atoms with Crippen molar-refractivity contribution < 1.29 is 4.43 Å². The average Bonchev–Trinajstić information content (AvgIpc) is 2.41. The van der Waals surface area contributed by atoms with Crippen molar-refractivity contribution in [1.82, 2.24) is 4.98 Å². The molecule has 19 heavy (non-hydrogen) atoms. The lowest BCUT2D eigenvalue weighted by Gasteiger charge is -2.11. The highest BCUT2D eigenvalue weighted by Crippen LogP contribution is 2.26. The van der Waals surface area contributed by atoms with Crippen molar-refractivity contribution in [2.45, 2.75) is 19.5 Å². The van der Waals surface area contributed by atoms with Crippen LogP contribution >= 0.6 is 0 Å². The molecule has 0 bridgehead atoms. The zero-order valence-corrected chi connectivity index (χ0v) is 12.4. The van der Waals surface area contributed by atoms with Crippen LogP contribution in [0.5, 0.6) is 5.75 Å². The summed E-state index contributed by atoms with van der Waals surface area (Å²) in [5.74, 6) is 0.876. The minimum absolute atomic E-state index is 0.730. The van der Waals surface area contributed by atoms with Gasteiger partial charge in [-0.2, -0.15) is 0 Å². The summed E-state index contributed by atoms with van der Waals surface area (Å²) in [7, 11) is -1.10. The second-order valence-corrected chi connectivity index (χ2v) is 6.80. The Kier molecular flexibility index (Phi) is 4.86. The van der Waals surface area contributed by atoms with Gasteiger partial charge in [0, 0.05) is 24.5 Å². The smallest absolute Gasteiger partial charge is 0.229 e. The fourth-order valence-electron chi connectivity index (χ4n) is 1.67. The molecule has 1 heterocycles. The van der Waals surface area contributed by atoms with Crippen molar-refractivity contribution in [3.8, 4) is 5.75 Å². The van der Waals surface area contributed by atoms with Crippen LogP contribution < -0.4 is 4.43 Å². The molecule has 1 aromatic heterocycles. The third-order valence-corrected chi connectivity index (χ3v) is 3.21. The number of aliphatic imine (C=N–C) groups is 1. The Morgan fingerprint density at radius 3 is 2.68 bits per heavy atom. The van der Waals surface area contributed by atoms with E-state index in [9.17, 15) is 0 Å². The molecule has 0 fully saturated rings. The number of hydrogen-bond donors (Lipinski definition) is 0. The lowest BCUT2D eigenvalue weighted by molar-refractivity contribution is 0.582. The van der Waals surface area contributed by atoms with Crippen LogP contribution in [-0.4, -0.2) is 20.2 Å². The summed E-state index contributed by atoms with van der Waals surface area (Å²) in [6.07, 6.45) is 4.41. The van der Waals surface area contributed by atoms with Crippen molar-refractivity contribution in [2.24, 2.45) is 4.99 Å². The van der Waals surface area contributed by atoms with Crippen LogP contribution in [0.4, 0.5) is 5.69 Å². The van der Waals surface area contributed by atoms with Crippen molar-refractivity contribution in [1.29, 1.82) is 0 Å². The van der Waals surface area contributed by atoms with Crippen LogP contribution in [0.2, 0.25) is 13.1 Å². The Labute approximate surface area is 115 Å². The molecule has 98 valence electrons. The van der Waals surface area contributed by atoms with E-state index in [1.54, 1.807) is 6.20 Å². The van der Waals surface area contributed by atoms with Crippen molar-refractivity contribution in [3.05, 3.63) is 54.4 Å². The van der Waals surface area contributed by atoms with Gasteiger partial charge in [-0.15, -0.1) is 0 Å². The molecule has 0 spiro atoms. The molecule has 0 unspecified atom stereocenters. The molecule has 0 aliphatic carbocycles. The number of benzene rings is 1. The number of hydrogen-bond acceptors (Lipinski definition) is 3. The number of para-hydroxylation sites is 2. The van der Waals surface area contributed by atoms with Crippen molar-refractivity contribution in [2.75, 3.05) is 0 Å². The third kappa shape index (κ3) is 4.33. The molecular weight excluding hydrogens is 252 g/mol. The predicted octanol–water partition coefficient (Wildman–Crippen LogP) is 3.39. The first kappa shape index (κ1) is 13.5. The summed E-state index contributed by atoms with van der Waals surface area (Å²) < 4.78 is 5.86.